The van der Waals surface area contributed by atoms with Gasteiger partial charge in [0.05, 0.1) is 4.43 Å². The van der Waals surface area contributed by atoms with E-state index in [1.807, 2.05) is 4.31 Å². The number of alkyl halides is 1. The minimum atomic E-state index is 0.262. The molecule has 1 aliphatic rings. The predicted molar refractivity (Wildman–Crippen MR) is 47.7 cm³/mol. The van der Waals surface area contributed by atoms with Crippen LogP contribution in [0.4, 0.5) is 0 Å². The van der Waals surface area contributed by atoms with E-state index in [0.29, 0.717) is 4.43 Å². The number of carbonyl (C=O) groups is 1. The second-order valence-electron chi connectivity index (χ2n) is 1.82. The summed E-state index contributed by atoms with van der Waals surface area (Å²) in [4.78, 5) is 10.9. The summed E-state index contributed by atoms with van der Waals surface area (Å²) in [6.07, 6.45) is 1.16. The molecule has 4 heteroatoms. The molecule has 0 aromatic heterocycles. The molecule has 0 aliphatic carbocycles. The molecular formula is C5H8INOS. The summed E-state index contributed by atoms with van der Waals surface area (Å²) in [5.74, 6) is 1.38. The molecule has 1 rings (SSSR count). The molecule has 0 bridgehead atoms. The Morgan fingerprint density at radius 3 is 3.00 bits per heavy atom. The Balaban J connectivity index is 2.32. The highest BCUT2D eigenvalue weighted by molar-refractivity contribution is 14.1. The zero-order valence-electron chi connectivity index (χ0n) is 4.97. The third kappa shape index (κ3) is 2.00. The number of nitrogens with zero attached hydrogens (tertiary/aromatic N) is 1. The van der Waals surface area contributed by atoms with Gasteiger partial charge in [-0.2, -0.15) is 0 Å². The van der Waals surface area contributed by atoms with Crippen LogP contribution < -0.4 is 0 Å². The molecule has 9 heavy (non-hydrogen) atoms. The first kappa shape index (κ1) is 7.65. The van der Waals surface area contributed by atoms with E-state index >= 15 is 0 Å². The first-order chi connectivity index (χ1) is 4.34. The number of amides is 1. The van der Waals surface area contributed by atoms with E-state index in [1.54, 1.807) is 11.9 Å². The zero-order chi connectivity index (χ0) is 6.69. The van der Waals surface area contributed by atoms with Crippen LogP contribution in [0.1, 0.15) is 6.42 Å². The van der Waals surface area contributed by atoms with Gasteiger partial charge in [-0.05, 0) is 18.4 Å². The Labute approximate surface area is 72.6 Å². The number of hydrogen-bond acceptors (Lipinski definition) is 2. The lowest BCUT2D eigenvalue weighted by atomic mass is 10.5. The molecule has 0 radical (unpaired) electrons. The van der Waals surface area contributed by atoms with Gasteiger partial charge in [0.15, 0.2) is 0 Å². The van der Waals surface area contributed by atoms with E-state index in [1.165, 1.54) is 0 Å². The minimum absolute atomic E-state index is 0.262. The van der Waals surface area contributed by atoms with E-state index in [-0.39, 0.29) is 5.91 Å². The maximum Gasteiger partial charge on any atom is 0.242 e. The van der Waals surface area contributed by atoms with Gasteiger partial charge in [0.2, 0.25) is 5.91 Å². The summed E-state index contributed by atoms with van der Waals surface area (Å²) in [6, 6.07) is 0. The van der Waals surface area contributed by atoms with Crippen LogP contribution >= 0.6 is 34.5 Å². The molecule has 52 valence electrons. The normalized spacial score (nSPS) is 18.6. The molecule has 2 nitrogen and oxygen atoms in total. The van der Waals surface area contributed by atoms with Crippen molar-refractivity contribution in [2.75, 3.05) is 16.7 Å². The maximum atomic E-state index is 10.9. The number of halogens is 1. The van der Waals surface area contributed by atoms with Crippen LogP contribution in [0.5, 0.6) is 0 Å². The molecule has 0 N–H and O–H groups in total. The Hall–Kier alpha value is 0.550. The third-order valence-electron chi connectivity index (χ3n) is 1.15. The Morgan fingerprint density at radius 2 is 2.56 bits per heavy atom. The summed E-state index contributed by atoms with van der Waals surface area (Å²) in [5.41, 5.74) is 0. The van der Waals surface area contributed by atoms with E-state index in [4.69, 9.17) is 0 Å². The van der Waals surface area contributed by atoms with Gasteiger partial charge in [0.25, 0.3) is 0 Å². The molecule has 1 heterocycles. The van der Waals surface area contributed by atoms with Crippen LogP contribution in [0.2, 0.25) is 0 Å². The van der Waals surface area contributed by atoms with Gasteiger partial charge in [-0.25, -0.2) is 0 Å². The van der Waals surface area contributed by atoms with Crippen molar-refractivity contribution >= 4 is 40.4 Å². The van der Waals surface area contributed by atoms with Gasteiger partial charge >= 0.3 is 0 Å². The highest BCUT2D eigenvalue weighted by atomic mass is 127. The third-order valence-corrected chi connectivity index (χ3v) is 2.97. The molecule has 0 saturated carbocycles. The first-order valence-electron chi connectivity index (χ1n) is 2.84. The van der Waals surface area contributed by atoms with Gasteiger partial charge in [-0.3, -0.25) is 9.10 Å². The fraction of sp³-hybridized carbons (Fsp3) is 0.800. The average molecular weight is 257 g/mol. The maximum absolute atomic E-state index is 10.9. The molecule has 1 fully saturated rings. The predicted octanol–water partition coefficient (Wildman–Crippen LogP) is 1.30. The van der Waals surface area contributed by atoms with Crippen molar-refractivity contribution in [2.45, 2.75) is 6.42 Å². The lowest BCUT2D eigenvalue weighted by Gasteiger charge is -2.10. The van der Waals surface area contributed by atoms with Crippen molar-refractivity contribution in [1.29, 1.82) is 0 Å². The molecule has 0 atom stereocenters. The molecule has 0 aromatic rings. The minimum Gasteiger partial charge on any atom is -0.286 e. The van der Waals surface area contributed by atoms with Crippen LogP contribution in [0, 0.1) is 0 Å². The summed E-state index contributed by atoms with van der Waals surface area (Å²) in [6.45, 7) is 0.951. The van der Waals surface area contributed by atoms with Gasteiger partial charge in [0.1, 0.15) is 0 Å². The number of hydrogen-bond donors (Lipinski definition) is 0. The van der Waals surface area contributed by atoms with Crippen LogP contribution in [0.15, 0.2) is 0 Å². The lowest BCUT2D eigenvalue weighted by molar-refractivity contribution is -0.122. The van der Waals surface area contributed by atoms with Gasteiger partial charge in [0, 0.05) is 12.3 Å². The van der Waals surface area contributed by atoms with Crippen molar-refractivity contribution in [2.24, 2.45) is 0 Å². The van der Waals surface area contributed by atoms with Gasteiger partial charge in [-0.15, -0.1) is 0 Å². The standard InChI is InChI=1S/C5H8INOS/c6-4-5(8)7-2-1-3-9-7/h1-4H2. The van der Waals surface area contributed by atoms with Crippen LogP contribution in [-0.4, -0.2) is 26.9 Å². The summed E-state index contributed by atoms with van der Waals surface area (Å²) < 4.78 is 2.47. The monoisotopic (exact) mass is 257 g/mol. The second kappa shape index (κ2) is 3.65. The molecular weight excluding hydrogens is 249 g/mol. The molecule has 0 aromatic carbocycles. The SMILES string of the molecule is O=C(CI)N1CCCS1. The second-order valence-corrected chi connectivity index (χ2v) is 3.69. The average Bonchev–Trinajstić information content (AvgIpc) is 2.37. The summed E-state index contributed by atoms with van der Waals surface area (Å²) in [5, 5.41) is 0. The fourth-order valence-electron chi connectivity index (χ4n) is 0.711. The highest BCUT2D eigenvalue weighted by Gasteiger charge is 2.16. The Kier molecular flexibility index (Phi) is 3.11. The van der Waals surface area contributed by atoms with Crippen molar-refractivity contribution in [3.05, 3.63) is 0 Å². The molecule has 0 spiro atoms. The van der Waals surface area contributed by atoms with E-state index in [0.717, 1.165) is 18.7 Å². The van der Waals surface area contributed by atoms with E-state index in [2.05, 4.69) is 22.6 Å². The van der Waals surface area contributed by atoms with Crippen LogP contribution in [0.25, 0.3) is 0 Å². The first-order valence-corrected chi connectivity index (χ1v) is 5.30. The fourth-order valence-corrected chi connectivity index (χ4v) is 2.30. The molecule has 1 aliphatic heterocycles. The van der Waals surface area contributed by atoms with Crippen LogP contribution in [0.3, 0.4) is 0 Å². The Bertz CT molecular complexity index is 114. The molecule has 0 unspecified atom stereocenters. The highest BCUT2D eigenvalue weighted by Crippen LogP contribution is 2.19. The van der Waals surface area contributed by atoms with Crippen molar-refractivity contribution < 1.29 is 4.79 Å². The quantitative estimate of drug-likeness (QED) is 0.401. The van der Waals surface area contributed by atoms with Gasteiger partial charge < -0.3 is 0 Å². The smallest absolute Gasteiger partial charge is 0.242 e. The van der Waals surface area contributed by atoms with Crippen molar-refractivity contribution in [3.8, 4) is 0 Å². The zero-order valence-corrected chi connectivity index (χ0v) is 7.94. The summed E-state index contributed by atoms with van der Waals surface area (Å²) in [7, 11) is 0. The van der Waals surface area contributed by atoms with Crippen molar-refractivity contribution in [1.82, 2.24) is 4.31 Å². The molecule has 1 saturated heterocycles. The molecule has 1 amide bonds. The topological polar surface area (TPSA) is 20.3 Å². The van der Waals surface area contributed by atoms with Gasteiger partial charge in [-0.1, -0.05) is 22.6 Å². The largest absolute Gasteiger partial charge is 0.286 e. The van der Waals surface area contributed by atoms with E-state index in [9.17, 15) is 4.79 Å². The summed E-state index contributed by atoms with van der Waals surface area (Å²) >= 11 is 3.75. The Morgan fingerprint density at radius 1 is 1.78 bits per heavy atom. The lowest BCUT2D eigenvalue weighted by Crippen LogP contribution is -2.21. The number of rotatable bonds is 1. The van der Waals surface area contributed by atoms with E-state index < -0.39 is 0 Å². The number of carbonyl (C=O) groups excluding carboxylic acids is 1. The van der Waals surface area contributed by atoms with Crippen LogP contribution in [-0.2, 0) is 4.79 Å². The van der Waals surface area contributed by atoms with Crippen molar-refractivity contribution in [3.63, 3.8) is 0 Å².